The van der Waals surface area contributed by atoms with Crippen molar-refractivity contribution in [3.05, 3.63) is 62.6 Å². The standard InChI is InChI=1S/C12H6Cl2NO3/c13-8-4-3-7-11(12(8)14)18-10-6-2-1-5-9(10)15(16)17/h2-7H. The van der Waals surface area contributed by atoms with Gasteiger partial charge in [0.15, 0.2) is 0 Å². The molecule has 0 amide bonds. The van der Waals surface area contributed by atoms with Crippen LogP contribution in [0.25, 0.3) is 0 Å². The molecule has 1 radical (unpaired) electrons. The van der Waals surface area contributed by atoms with Gasteiger partial charge in [0, 0.05) is 6.07 Å². The van der Waals surface area contributed by atoms with E-state index in [-0.39, 0.29) is 22.2 Å². The number of halogens is 2. The summed E-state index contributed by atoms with van der Waals surface area (Å²) in [4.78, 5) is 10.3. The Morgan fingerprint density at radius 2 is 2.00 bits per heavy atom. The highest BCUT2D eigenvalue weighted by molar-refractivity contribution is 6.42. The summed E-state index contributed by atoms with van der Waals surface area (Å²) in [5.74, 6) is 0.349. The first-order valence-electron chi connectivity index (χ1n) is 4.86. The maximum Gasteiger partial charge on any atom is 0.312 e. The molecular weight excluding hydrogens is 277 g/mol. The molecule has 2 aromatic carbocycles. The van der Waals surface area contributed by atoms with E-state index in [1.165, 1.54) is 18.2 Å². The first-order chi connectivity index (χ1) is 8.59. The Morgan fingerprint density at radius 3 is 2.72 bits per heavy atom. The summed E-state index contributed by atoms with van der Waals surface area (Å²) in [6.07, 6.45) is 0. The van der Waals surface area contributed by atoms with E-state index in [1.54, 1.807) is 18.2 Å². The van der Waals surface area contributed by atoms with Crippen molar-refractivity contribution in [1.82, 2.24) is 0 Å². The molecular formula is C12H6Cl2NO3. The molecule has 0 fully saturated rings. The molecule has 0 saturated heterocycles. The fourth-order valence-corrected chi connectivity index (χ4v) is 1.65. The van der Waals surface area contributed by atoms with Gasteiger partial charge in [-0.15, -0.1) is 0 Å². The number of nitrogens with zero attached hydrogens (tertiary/aromatic N) is 1. The first-order valence-corrected chi connectivity index (χ1v) is 5.61. The van der Waals surface area contributed by atoms with E-state index >= 15 is 0 Å². The molecule has 0 aromatic heterocycles. The summed E-state index contributed by atoms with van der Waals surface area (Å²) in [7, 11) is 0. The predicted octanol–water partition coefficient (Wildman–Crippen LogP) is 4.49. The highest BCUT2D eigenvalue weighted by atomic mass is 35.5. The molecule has 2 rings (SSSR count). The third-order valence-corrected chi connectivity index (χ3v) is 2.94. The maximum absolute atomic E-state index is 10.8. The van der Waals surface area contributed by atoms with Gasteiger partial charge in [0.25, 0.3) is 0 Å². The number of nitro groups is 1. The molecule has 0 aliphatic heterocycles. The molecule has 0 unspecified atom stereocenters. The second-order valence-electron chi connectivity index (χ2n) is 3.30. The van der Waals surface area contributed by atoms with Gasteiger partial charge in [-0.25, -0.2) is 0 Å². The lowest BCUT2D eigenvalue weighted by atomic mass is 10.3. The summed E-state index contributed by atoms with van der Waals surface area (Å²) in [5, 5.41) is 11.3. The van der Waals surface area contributed by atoms with Gasteiger partial charge in [-0.3, -0.25) is 10.1 Å². The molecule has 0 spiro atoms. The molecule has 0 aliphatic rings. The van der Waals surface area contributed by atoms with Gasteiger partial charge in [0.1, 0.15) is 10.8 Å². The fraction of sp³-hybridized carbons (Fsp3) is 0. The Kier molecular flexibility index (Phi) is 3.69. The van der Waals surface area contributed by atoms with Crippen LogP contribution < -0.4 is 4.74 Å². The van der Waals surface area contributed by atoms with Crippen molar-refractivity contribution in [3.8, 4) is 11.5 Å². The van der Waals surface area contributed by atoms with Crippen LogP contribution in [-0.4, -0.2) is 4.92 Å². The van der Waals surface area contributed by atoms with Crippen LogP contribution in [0.1, 0.15) is 0 Å². The van der Waals surface area contributed by atoms with E-state index in [2.05, 4.69) is 6.07 Å². The molecule has 18 heavy (non-hydrogen) atoms. The van der Waals surface area contributed by atoms with Gasteiger partial charge in [0.05, 0.1) is 9.95 Å². The van der Waals surface area contributed by atoms with Crippen LogP contribution in [0.5, 0.6) is 11.5 Å². The van der Waals surface area contributed by atoms with Gasteiger partial charge in [-0.2, -0.15) is 0 Å². The van der Waals surface area contributed by atoms with Gasteiger partial charge in [0.2, 0.25) is 5.75 Å². The van der Waals surface area contributed by atoms with Crippen LogP contribution in [0.3, 0.4) is 0 Å². The minimum atomic E-state index is -0.551. The van der Waals surface area contributed by atoms with Crippen molar-refractivity contribution in [2.75, 3.05) is 0 Å². The third kappa shape index (κ3) is 2.55. The summed E-state index contributed by atoms with van der Waals surface area (Å²) in [6.45, 7) is 0. The van der Waals surface area contributed by atoms with Crippen molar-refractivity contribution in [3.63, 3.8) is 0 Å². The number of benzene rings is 2. The highest BCUT2D eigenvalue weighted by Crippen LogP contribution is 2.37. The van der Waals surface area contributed by atoms with E-state index < -0.39 is 4.92 Å². The van der Waals surface area contributed by atoms with E-state index in [0.717, 1.165) is 0 Å². The normalized spacial score (nSPS) is 10.1. The molecule has 0 aliphatic carbocycles. The maximum atomic E-state index is 10.8. The van der Waals surface area contributed by atoms with E-state index in [1.807, 2.05) is 0 Å². The lowest BCUT2D eigenvalue weighted by Crippen LogP contribution is -1.93. The average molecular weight is 283 g/mol. The Hall–Kier alpha value is -1.78. The van der Waals surface area contributed by atoms with E-state index in [9.17, 15) is 10.1 Å². The second kappa shape index (κ2) is 5.25. The highest BCUT2D eigenvalue weighted by Gasteiger charge is 2.16. The Bertz CT molecular complexity index is 602. The summed E-state index contributed by atoms with van der Waals surface area (Å²) < 4.78 is 5.40. The smallest absolute Gasteiger partial charge is 0.312 e. The number of nitro benzene ring substituents is 1. The molecule has 2 aromatic rings. The predicted molar refractivity (Wildman–Crippen MR) is 68.5 cm³/mol. The van der Waals surface area contributed by atoms with Gasteiger partial charge < -0.3 is 4.74 Å². The summed E-state index contributed by atoms with van der Waals surface area (Å²) in [6, 6.07) is 11.6. The molecule has 0 saturated carbocycles. The quantitative estimate of drug-likeness (QED) is 0.615. The summed E-state index contributed by atoms with van der Waals surface area (Å²) in [5.41, 5.74) is -0.187. The zero-order valence-electron chi connectivity index (χ0n) is 8.89. The zero-order valence-corrected chi connectivity index (χ0v) is 10.4. The molecule has 91 valence electrons. The topological polar surface area (TPSA) is 52.4 Å². The Labute approximate surface area is 113 Å². The average Bonchev–Trinajstić information content (AvgIpc) is 2.35. The van der Waals surface area contributed by atoms with Crippen molar-refractivity contribution < 1.29 is 9.66 Å². The first kappa shape index (κ1) is 12.7. The van der Waals surface area contributed by atoms with E-state index in [4.69, 9.17) is 27.9 Å². The zero-order chi connectivity index (χ0) is 13.1. The Morgan fingerprint density at radius 1 is 1.22 bits per heavy atom. The minimum Gasteiger partial charge on any atom is -0.449 e. The SMILES string of the molecule is O=[N+]([O-])c1c[c]ccc1Oc1cccc(Cl)c1Cl. The van der Waals surface area contributed by atoms with Crippen LogP contribution in [-0.2, 0) is 0 Å². The van der Waals surface area contributed by atoms with Crippen molar-refractivity contribution in [2.24, 2.45) is 0 Å². The number of hydrogen-bond donors (Lipinski definition) is 0. The van der Waals surface area contributed by atoms with Crippen LogP contribution in [0.15, 0.2) is 36.4 Å². The largest absolute Gasteiger partial charge is 0.449 e. The van der Waals surface area contributed by atoms with Gasteiger partial charge in [-0.1, -0.05) is 35.3 Å². The van der Waals surface area contributed by atoms with Gasteiger partial charge in [-0.05, 0) is 24.3 Å². The fourth-order valence-electron chi connectivity index (χ4n) is 1.32. The van der Waals surface area contributed by atoms with Gasteiger partial charge >= 0.3 is 5.69 Å². The van der Waals surface area contributed by atoms with Crippen LogP contribution >= 0.6 is 23.2 Å². The molecule has 0 heterocycles. The van der Waals surface area contributed by atoms with Crippen LogP contribution in [0.4, 0.5) is 5.69 Å². The number of rotatable bonds is 3. The molecule has 0 atom stereocenters. The third-order valence-electron chi connectivity index (χ3n) is 2.14. The van der Waals surface area contributed by atoms with Crippen molar-refractivity contribution in [2.45, 2.75) is 0 Å². The minimum absolute atomic E-state index is 0.0860. The van der Waals surface area contributed by atoms with Crippen molar-refractivity contribution in [1.29, 1.82) is 0 Å². The van der Waals surface area contributed by atoms with Crippen LogP contribution in [0.2, 0.25) is 10.0 Å². The number of ether oxygens (including phenoxy) is 1. The second-order valence-corrected chi connectivity index (χ2v) is 4.09. The summed E-state index contributed by atoms with van der Waals surface area (Å²) >= 11 is 11.8. The molecule has 6 heteroatoms. The molecule has 4 nitrogen and oxygen atoms in total. The molecule has 0 N–H and O–H groups in total. The Balaban J connectivity index is 2.40. The lowest BCUT2D eigenvalue weighted by Gasteiger charge is -2.08. The number of hydrogen-bond acceptors (Lipinski definition) is 3. The van der Waals surface area contributed by atoms with Crippen molar-refractivity contribution >= 4 is 28.9 Å². The lowest BCUT2D eigenvalue weighted by molar-refractivity contribution is -0.385. The van der Waals surface area contributed by atoms with Crippen LogP contribution in [0, 0.1) is 16.2 Å². The molecule has 0 bridgehead atoms. The monoisotopic (exact) mass is 282 g/mol. The van der Waals surface area contributed by atoms with E-state index in [0.29, 0.717) is 5.02 Å².